The Morgan fingerprint density at radius 1 is 1.65 bits per heavy atom. The van der Waals surface area contributed by atoms with E-state index < -0.39 is 5.54 Å². The molecule has 0 radical (unpaired) electrons. The molecule has 5 nitrogen and oxygen atoms in total. The van der Waals surface area contributed by atoms with Gasteiger partial charge in [-0.1, -0.05) is 6.92 Å². The van der Waals surface area contributed by atoms with E-state index >= 15 is 0 Å². The Hall–Kier alpha value is -1.07. The van der Waals surface area contributed by atoms with Crippen LogP contribution in [0.25, 0.3) is 0 Å². The van der Waals surface area contributed by atoms with Crippen molar-refractivity contribution in [2.75, 3.05) is 0 Å². The third-order valence-electron chi connectivity index (χ3n) is 3.01. The Balaban J connectivity index is 0.00000144. The smallest absolute Gasteiger partial charge is 0.240 e. The number of halogens is 1. The van der Waals surface area contributed by atoms with Gasteiger partial charge in [0.25, 0.3) is 0 Å². The summed E-state index contributed by atoms with van der Waals surface area (Å²) in [6, 6.07) is 0. The summed E-state index contributed by atoms with van der Waals surface area (Å²) in [7, 11) is 1.88. The first-order valence-electron chi connectivity index (χ1n) is 5.64. The van der Waals surface area contributed by atoms with E-state index in [1.807, 2.05) is 13.2 Å². The van der Waals surface area contributed by atoms with Crippen LogP contribution in [0.3, 0.4) is 0 Å². The van der Waals surface area contributed by atoms with Crippen molar-refractivity contribution in [1.82, 2.24) is 15.1 Å². The molecule has 1 heterocycles. The van der Waals surface area contributed by atoms with Crippen LogP contribution in [0.5, 0.6) is 0 Å². The normalized spacial score (nSPS) is 16.2. The fourth-order valence-electron chi connectivity index (χ4n) is 1.74. The average molecular weight is 259 g/mol. The first kappa shape index (κ1) is 14.0. The number of nitrogens with zero attached hydrogens (tertiary/aromatic N) is 2. The molecule has 0 aromatic carbocycles. The monoisotopic (exact) mass is 258 g/mol. The highest BCUT2D eigenvalue weighted by Crippen LogP contribution is 2.32. The first-order valence-corrected chi connectivity index (χ1v) is 5.64. The number of hydrogen-bond donors (Lipinski definition) is 2. The van der Waals surface area contributed by atoms with Crippen LogP contribution < -0.4 is 11.1 Å². The van der Waals surface area contributed by atoms with Crippen LogP contribution in [0.2, 0.25) is 0 Å². The van der Waals surface area contributed by atoms with Crippen molar-refractivity contribution in [3.8, 4) is 0 Å². The van der Waals surface area contributed by atoms with Crippen molar-refractivity contribution < 1.29 is 4.79 Å². The lowest BCUT2D eigenvalue weighted by Crippen LogP contribution is -2.42. The fraction of sp³-hybridized carbons (Fsp3) is 0.636. The Bertz CT molecular complexity index is 412. The highest BCUT2D eigenvalue weighted by molar-refractivity contribution is 5.88. The van der Waals surface area contributed by atoms with E-state index in [0.29, 0.717) is 6.54 Å². The maximum atomic E-state index is 11.6. The number of rotatable bonds is 4. The topological polar surface area (TPSA) is 72.9 Å². The van der Waals surface area contributed by atoms with Gasteiger partial charge in [-0.15, -0.1) is 12.4 Å². The summed E-state index contributed by atoms with van der Waals surface area (Å²) in [6.07, 6.45) is 4.41. The van der Waals surface area contributed by atoms with Crippen LogP contribution in [0.4, 0.5) is 0 Å². The molecule has 96 valence electrons. The molecule has 0 spiro atoms. The van der Waals surface area contributed by atoms with Gasteiger partial charge in [-0.3, -0.25) is 9.48 Å². The quantitative estimate of drug-likeness (QED) is 0.827. The van der Waals surface area contributed by atoms with Gasteiger partial charge in [0.2, 0.25) is 5.91 Å². The maximum Gasteiger partial charge on any atom is 0.240 e. The molecule has 1 fully saturated rings. The molecule has 1 saturated carbocycles. The number of carbonyl (C=O) groups excluding carboxylic acids is 1. The second kappa shape index (κ2) is 5.06. The third-order valence-corrected chi connectivity index (χ3v) is 3.01. The van der Waals surface area contributed by atoms with Crippen molar-refractivity contribution >= 4 is 18.3 Å². The molecule has 3 N–H and O–H groups in total. The molecule has 2 rings (SSSR count). The van der Waals surface area contributed by atoms with Gasteiger partial charge in [-0.2, -0.15) is 5.10 Å². The summed E-state index contributed by atoms with van der Waals surface area (Å²) in [5.74, 6) is -0.0431. The summed E-state index contributed by atoms with van der Waals surface area (Å²) < 4.78 is 1.77. The number of amides is 1. The summed E-state index contributed by atoms with van der Waals surface area (Å²) >= 11 is 0. The predicted octanol–water partition coefficient (Wildman–Crippen LogP) is 0.512. The minimum atomic E-state index is -0.589. The van der Waals surface area contributed by atoms with Gasteiger partial charge in [0.05, 0.1) is 11.2 Å². The van der Waals surface area contributed by atoms with Crippen LogP contribution in [-0.4, -0.2) is 21.2 Å². The number of aromatic nitrogens is 2. The zero-order valence-corrected chi connectivity index (χ0v) is 11.0. The number of aryl methyl sites for hydroxylation is 2. The lowest BCUT2D eigenvalue weighted by atomic mass is 10.2. The molecule has 0 saturated heterocycles. The molecular weight excluding hydrogens is 240 g/mol. The van der Waals surface area contributed by atoms with Gasteiger partial charge < -0.3 is 11.1 Å². The van der Waals surface area contributed by atoms with Crippen molar-refractivity contribution in [3.63, 3.8) is 0 Å². The highest BCUT2D eigenvalue weighted by Gasteiger charge is 2.45. The van der Waals surface area contributed by atoms with Crippen LogP contribution >= 0.6 is 12.4 Å². The van der Waals surface area contributed by atoms with E-state index in [1.165, 1.54) is 0 Å². The number of nitrogens with two attached hydrogens (primary N) is 1. The number of carbonyl (C=O) groups is 1. The molecule has 17 heavy (non-hydrogen) atoms. The summed E-state index contributed by atoms with van der Waals surface area (Å²) in [5.41, 5.74) is 7.31. The molecule has 1 aromatic heterocycles. The zero-order chi connectivity index (χ0) is 11.8. The van der Waals surface area contributed by atoms with Gasteiger partial charge in [0, 0.05) is 25.4 Å². The fourth-order valence-corrected chi connectivity index (χ4v) is 1.74. The van der Waals surface area contributed by atoms with Crippen molar-refractivity contribution in [3.05, 3.63) is 17.5 Å². The highest BCUT2D eigenvalue weighted by atomic mass is 35.5. The lowest BCUT2D eigenvalue weighted by Gasteiger charge is -2.09. The van der Waals surface area contributed by atoms with Gasteiger partial charge in [0.1, 0.15) is 0 Å². The molecule has 1 aliphatic rings. The van der Waals surface area contributed by atoms with E-state index in [2.05, 4.69) is 17.3 Å². The Morgan fingerprint density at radius 2 is 2.29 bits per heavy atom. The van der Waals surface area contributed by atoms with Crippen molar-refractivity contribution in [2.24, 2.45) is 12.8 Å². The molecule has 0 atom stereocenters. The third kappa shape index (κ3) is 2.98. The standard InChI is InChI=1S/C11H18N4O.ClH/c1-3-9-8(7-15(2)14-9)6-13-10(16)11(12)4-5-11;/h7H,3-6,12H2,1-2H3,(H,13,16);1H. The minimum absolute atomic E-state index is 0. The molecule has 6 heteroatoms. The van der Waals surface area contributed by atoms with Crippen LogP contribution in [0, 0.1) is 0 Å². The van der Waals surface area contributed by atoms with E-state index in [9.17, 15) is 4.79 Å². The van der Waals surface area contributed by atoms with E-state index in [1.54, 1.807) is 4.68 Å². The van der Waals surface area contributed by atoms with E-state index in [0.717, 1.165) is 30.5 Å². The Kier molecular flexibility index (Phi) is 4.16. The predicted molar refractivity (Wildman–Crippen MR) is 67.8 cm³/mol. The van der Waals surface area contributed by atoms with Crippen LogP contribution in [0.1, 0.15) is 31.0 Å². The summed E-state index contributed by atoms with van der Waals surface area (Å²) in [5, 5.41) is 7.19. The van der Waals surface area contributed by atoms with E-state index in [4.69, 9.17) is 5.73 Å². The number of hydrogen-bond acceptors (Lipinski definition) is 3. The lowest BCUT2D eigenvalue weighted by molar-refractivity contribution is -0.123. The molecule has 1 aromatic rings. The van der Waals surface area contributed by atoms with Gasteiger partial charge >= 0.3 is 0 Å². The van der Waals surface area contributed by atoms with Gasteiger partial charge in [-0.25, -0.2) is 0 Å². The van der Waals surface area contributed by atoms with Crippen molar-refractivity contribution in [2.45, 2.75) is 38.3 Å². The van der Waals surface area contributed by atoms with Gasteiger partial charge in [0.15, 0.2) is 0 Å². The Morgan fingerprint density at radius 3 is 2.82 bits per heavy atom. The van der Waals surface area contributed by atoms with Crippen molar-refractivity contribution in [1.29, 1.82) is 0 Å². The average Bonchev–Trinajstić information content (AvgIpc) is 2.89. The second-order valence-electron chi connectivity index (χ2n) is 4.47. The minimum Gasteiger partial charge on any atom is -0.350 e. The SMILES string of the molecule is CCc1nn(C)cc1CNC(=O)C1(N)CC1.Cl. The van der Waals surface area contributed by atoms with E-state index in [-0.39, 0.29) is 18.3 Å². The van der Waals surface area contributed by atoms with Crippen LogP contribution in [0.15, 0.2) is 6.20 Å². The Labute approximate surface area is 107 Å². The molecule has 0 unspecified atom stereocenters. The molecular formula is C11H19ClN4O. The van der Waals surface area contributed by atoms with Gasteiger partial charge in [-0.05, 0) is 19.3 Å². The largest absolute Gasteiger partial charge is 0.350 e. The molecule has 0 aliphatic heterocycles. The first-order chi connectivity index (χ1) is 7.55. The summed E-state index contributed by atoms with van der Waals surface area (Å²) in [6.45, 7) is 2.58. The summed E-state index contributed by atoms with van der Waals surface area (Å²) in [4.78, 5) is 11.6. The molecule has 1 aliphatic carbocycles. The maximum absolute atomic E-state index is 11.6. The molecule has 1 amide bonds. The number of nitrogens with one attached hydrogen (secondary N) is 1. The zero-order valence-electron chi connectivity index (χ0n) is 10.2. The second-order valence-corrected chi connectivity index (χ2v) is 4.47. The van der Waals surface area contributed by atoms with Crippen LogP contribution in [-0.2, 0) is 24.8 Å². The molecule has 0 bridgehead atoms.